The molecule has 7 heteroatoms. The molecule has 0 aliphatic rings. The van der Waals surface area contributed by atoms with Crippen molar-refractivity contribution in [1.82, 2.24) is 0 Å². The molecule has 0 bridgehead atoms. The number of para-hydroxylation sites is 1. The maximum atomic E-state index is 13.7. The number of nitrogen functional groups attached to an aromatic ring is 1. The predicted molar refractivity (Wildman–Crippen MR) is 77.5 cm³/mol. The summed E-state index contributed by atoms with van der Waals surface area (Å²) in [6.45, 7) is 1.45. The molecule has 0 spiro atoms. The van der Waals surface area contributed by atoms with Crippen LogP contribution in [-0.2, 0) is 10.0 Å². The standard InChI is InChI=1S/C14H14F2N2O2S/c1-9-12(16)7-10(8-13(9)17)21(19,20)18(2)14-6-4-3-5-11(14)15/h3-8H,17H2,1-2H3. The number of halogens is 2. The van der Waals surface area contributed by atoms with Crippen molar-refractivity contribution in [2.45, 2.75) is 11.8 Å². The normalized spacial score (nSPS) is 11.4. The summed E-state index contributed by atoms with van der Waals surface area (Å²) in [6.07, 6.45) is 0. The molecule has 2 rings (SSSR count). The highest BCUT2D eigenvalue weighted by Gasteiger charge is 2.25. The third-order valence-corrected chi connectivity index (χ3v) is 4.96. The smallest absolute Gasteiger partial charge is 0.264 e. The molecule has 2 aromatic carbocycles. The van der Waals surface area contributed by atoms with Gasteiger partial charge in [0.2, 0.25) is 0 Å². The van der Waals surface area contributed by atoms with Crippen molar-refractivity contribution in [2.24, 2.45) is 0 Å². The minimum absolute atomic E-state index is 0.0236. The Bertz CT molecular complexity index is 768. The van der Waals surface area contributed by atoms with Crippen LogP contribution in [0.5, 0.6) is 0 Å². The summed E-state index contributed by atoms with van der Waals surface area (Å²) in [5.74, 6) is -1.42. The molecule has 0 atom stereocenters. The minimum Gasteiger partial charge on any atom is -0.398 e. The van der Waals surface area contributed by atoms with E-state index in [0.29, 0.717) is 0 Å². The van der Waals surface area contributed by atoms with Gasteiger partial charge in [0.05, 0.1) is 10.6 Å². The van der Waals surface area contributed by atoms with E-state index < -0.39 is 21.7 Å². The van der Waals surface area contributed by atoms with Gasteiger partial charge in [-0.25, -0.2) is 17.2 Å². The van der Waals surface area contributed by atoms with Gasteiger partial charge < -0.3 is 5.73 Å². The van der Waals surface area contributed by atoms with E-state index in [1.807, 2.05) is 0 Å². The molecule has 0 unspecified atom stereocenters. The summed E-state index contributed by atoms with van der Waals surface area (Å²) in [4.78, 5) is -0.325. The number of rotatable bonds is 3. The van der Waals surface area contributed by atoms with Crippen LogP contribution in [0.1, 0.15) is 5.56 Å². The lowest BCUT2D eigenvalue weighted by Gasteiger charge is -2.20. The van der Waals surface area contributed by atoms with Crippen LogP contribution in [0.4, 0.5) is 20.2 Å². The second-order valence-corrected chi connectivity index (χ2v) is 6.51. The predicted octanol–water partition coefficient (Wildman–Crippen LogP) is 2.68. The number of nitrogens with zero attached hydrogens (tertiary/aromatic N) is 1. The zero-order valence-electron chi connectivity index (χ0n) is 11.5. The minimum atomic E-state index is -4.10. The zero-order chi connectivity index (χ0) is 15.8. The van der Waals surface area contributed by atoms with Crippen LogP contribution in [0.15, 0.2) is 41.3 Å². The summed E-state index contributed by atoms with van der Waals surface area (Å²) in [6, 6.07) is 7.45. The third-order valence-electron chi connectivity index (χ3n) is 3.21. The molecule has 2 N–H and O–H groups in total. The SMILES string of the molecule is Cc1c(N)cc(S(=O)(=O)N(C)c2ccccc2F)cc1F. The summed E-state index contributed by atoms with van der Waals surface area (Å²) in [5.41, 5.74) is 5.65. The first kappa shape index (κ1) is 15.2. The van der Waals surface area contributed by atoms with Crippen molar-refractivity contribution >= 4 is 21.4 Å². The van der Waals surface area contributed by atoms with Gasteiger partial charge in [0.25, 0.3) is 10.0 Å². The van der Waals surface area contributed by atoms with E-state index in [-0.39, 0.29) is 21.8 Å². The Morgan fingerprint density at radius 1 is 1.10 bits per heavy atom. The van der Waals surface area contributed by atoms with Crippen molar-refractivity contribution in [3.63, 3.8) is 0 Å². The average molecular weight is 312 g/mol. The molecule has 0 aromatic heterocycles. The van der Waals surface area contributed by atoms with E-state index in [1.165, 1.54) is 32.2 Å². The number of benzene rings is 2. The highest BCUT2D eigenvalue weighted by atomic mass is 32.2. The first-order chi connectivity index (χ1) is 9.75. The Morgan fingerprint density at radius 2 is 1.71 bits per heavy atom. The molecule has 0 saturated heterocycles. The highest BCUT2D eigenvalue weighted by Crippen LogP contribution is 2.27. The molecule has 112 valence electrons. The van der Waals surface area contributed by atoms with Crippen LogP contribution in [-0.4, -0.2) is 15.5 Å². The topological polar surface area (TPSA) is 63.4 Å². The van der Waals surface area contributed by atoms with Crippen LogP contribution >= 0.6 is 0 Å². The average Bonchev–Trinajstić information content (AvgIpc) is 2.44. The van der Waals surface area contributed by atoms with Crippen molar-refractivity contribution in [3.8, 4) is 0 Å². The van der Waals surface area contributed by atoms with E-state index in [4.69, 9.17) is 5.73 Å². The Labute approximate surface area is 121 Å². The Kier molecular flexibility index (Phi) is 3.87. The summed E-state index contributed by atoms with van der Waals surface area (Å²) in [7, 11) is -2.91. The molecule has 0 saturated carbocycles. The lowest BCUT2D eigenvalue weighted by Crippen LogP contribution is -2.27. The van der Waals surface area contributed by atoms with Gasteiger partial charge in [0, 0.05) is 18.3 Å². The fourth-order valence-corrected chi connectivity index (χ4v) is 3.07. The fraction of sp³-hybridized carbons (Fsp3) is 0.143. The van der Waals surface area contributed by atoms with Crippen LogP contribution < -0.4 is 10.0 Å². The van der Waals surface area contributed by atoms with Crippen molar-refractivity contribution < 1.29 is 17.2 Å². The van der Waals surface area contributed by atoms with E-state index in [0.717, 1.165) is 22.5 Å². The van der Waals surface area contributed by atoms with Gasteiger partial charge in [-0.1, -0.05) is 12.1 Å². The highest BCUT2D eigenvalue weighted by molar-refractivity contribution is 7.92. The molecule has 0 aliphatic heterocycles. The third kappa shape index (κ3) is 2.69. The van der Waals surface area contributed by atoms with Crippen LogP contribution in [0.3, 0.4) is 0 Å². The number of sulfonamides is 1. The molecule has 0 amide bonds. The second-order valence-electron chi connectivity index (χ2n) is 4.54. The molecular weight excluding hydrogens is 298 g/mol. The lowest BCUT2D eigenvalue weighted by atomic mass is 10.2. The maximum absolute atomic E-state index is 13.7. The van der Waals surface area contributed by atoms with E-state index in [2.05, 4.69) is 0 Å². The van der Waals surface area contributed by atoms with Crippen LogP contribution in [0.2, 0.25) is 0 Å². The van der Waals surface area contributed by atoms with Gasteiger partial charge in [-0.15, -0.1) is 0 Å². The number of nitrogens with two attached hydrogens (primary N) is 1. The van der Waals surface area contributed by atoms with E-state index >= 15 is 0 Å². The number of anilines is 2. The molecule has 4 nitrogen and oxygen atoms in total. The fourth-order valence-electron chi connectivity index (χ4n) is 1.82. The molecule has 2 aromatic rings. The van der Waals surface area contributed by atoms with Gasteiger partial charge in [-0.3, -0.25) is 4.31 Å². The van der Waals surface area contributed by atoms with Gasteiger partial charge in [0.1, 0.15) is 11.6 Å². The van der Waals surface area contributed by atoms with Gasteiger partial charge >= 0.3 is 0 Å². The van der Waals surface area contributed by atoms with E-state index in [1.54, 1.807) is 0 Å². The van der Waals surface area contributed by atoms with Crippen molar-refractivity contribution in [1.29, 1.82) is 0 Å². The zero-order valence-corrected chi connectivity index (χ0v) is 12.3. The largest absolute Gasteiger partial charge is 0.398 e. The Morgan fingerprint density at radius 3 is 2.29 bits per heavy atom. The molecule has 0 heterocycles. The lowest BCUT2D eigenvalue weighted by molar-refractivity contribution is 0.584. The van der Waals surface area contributed by atoms with Gasteiger partial charge in [-0.2, -0.15) is 0 Å². The second kappa shape index (κ2) is 5.33. The first-order valence-corrected chi connectivity index (χ1v) is 7.48. The number of hydrogen-bond donors (Lipinski definition) is 1. The maximum Gasteiger partial charge on any atom is 0.264 e. The molecule has 0 radical (unpaired) electrons. The Balaban J connectivity index is 2.55. The number of hydrogen-bond acceptors (Lipinski definition) is 3. The summed E-state index contributed by atoms with van der Waals surface area (Å²) < 4.78 is 53.0. The van der Waals surface area contributed by atoms with Crippen molar-refractivity contribution in [2.75, 3.05) is 17.1 Å². The van der Waals surface area contributed by atoms with E-state index in [9.17, 15) is 17.2 Å². The summed E-state index contributed by atoms with van der Waals surface area (Å²) in [5, 5.41) is 0. The van der Waals surface area contributed by atoms with Crippen LogP contribution in [0, 0.1) is 18.6 Å². The van der Waals surface area contributed by atoms with Crippen LogP contribution in [0.25, 0.3) is 0 Å². The Hall–Kier alpha value is -2.15. The molecule has 21 heavy (non-hydrogen) atoms. The molecular formula is C14H14F2N2O2S. The quantitative estimate of drug-likeness (QED) is 0.886. The molecule has 0 fully saturated rings. The van der Waals surface area contributed by atoms with Gasteiger partial charge in [-0.05, 0) is 31.2 Å². The monoisotopic (exact) mass is 312 g/mol. The molecule has 0 aliphatic carbocycles. The summed E-state index contributed by atoms with van der Waals surface area (Å²) >= 11 is 0. The van der Waals surface area contributed by atoms with Gasteiger partial charge in [0.15, 0.2) is 0 Å². The van der Waals surface area contributed by atoms with Crippen molar-refractivity contribution in [3.05, 3.63) is 53.6 Å². The first-order valence-electron chi connectivity index (χ1n) is 6.04.